The Hall–Kier alpha value is 0.992. The molecule has 0 saturated heterocycles. The summed E-state index contributed by atoms with van der Waals surface area (Å²) in [5, 5.41) is 4.32. The van der Waals surface area contributed by atoms with E-state index in [1.165, 1.54) is 54.0 Å². The maximum atomic E-state index is 4.32. The molecule has 0 bridgehead atoms. The van der Waals surface area contributed by atoms with Crippen LogP contribution in [-0.2, 0) is 0 Å². The molecule has 0 aromatic carbocycles. The van der Waals surface area contributed by atoms with Crippen molar-refractivity contribution < 1.29 is 0 Å². The third-order valence-corrected chi connectivity index (χ3v) is 6.20. The summed E-state index contributed by atoms with van der Waals surface area (Å²) in [6.07, 6.45) is 8.40. The molecule has 1 aromatic heterocycles. The van der Waals surface area contributed by atoms with E-state index in [-0.39, 0.29) is 0 Å². The zero-order valence-corrected chi connectivity index (χ0v) is 15.3. The molecule has 2 rings (SSSR count). The number of aromatic nitrogens is 2. The van der Waals surface area contributed by atoms with E-state index in [1.807, 2.05) is 10.6 Å². The molecular formula is C9H12IN3PPb. The maximum absolute atomic E-state index is 4.32. The van der Waals surface area contributed by atoms with Gasteiger partial charge in [-0.2, -0.15) is 0 Å². The Labute approximate surface area is 121 Å². The average Bonchev–Trinajstić information content (AvgIpc) is 2.78. The van der Waals surface area contributed by atoms with Gasteiger partial charge >= 0.3 is 122 Å². The van der Waals surface area contributed by atoms with Crippen molar-refractivity contribution in [3.8, 4) is 0 Å². The summed E-state index contributed by atoms with van der Waals surface area (Å²) in [7, 11) is 0. The molecule has 15 heavy (non-hydrogen) atoms. The SMILES string of the molecule is IPn1cc(C2=CCN([CH2][Pb])CC2)cn1. The van der Waals surface area contributed by atoms with Gasteiger partial charge in [0, 0.05) is 0 Å². The van der Waals surface area contributed by atoms with Gasteiger partial charge in [-0.05, 0) is 0 Å². The number of halogens is 1. The molecule has 0 saturated carbocycles. The van der Waals surface area contributed by atoms with Crippen molar-refractivity contribution >= 4 is 59.8 Å². The molecule has 3 nitrogen and oxygen atoms in total. The van der Waals surface area contributed by atoms with Crippen LogP contribution < -0.4 is 0 Å². The van der Waals surface area contributed by atoms with E-state index in [2.05, 4.69) is 44.3 Å². The summed E-state index contributed by atoms with van der Waals surface area (Å²) >= 11 is 3.63. The number of nitrogens with zero attached hydrogens (tertiary/aromatic N) is 3. The Kier molecular flexibility index (Phi) is 5.04. The minimum absolute atomic E-state index is 0.704. The first kappa shape index (κ1) is 12.4. The molecule has 1 atom stereocenters. The molecule has 3 radical (unpaired) electrons. The monoisotopic (exact) mass is 528 g/mol. The van der Waals surface area contributed by atoms with E-state index in [1.54, 1.807) is 0 Å². The average molecular weight is 527 g/mol. The van der Waals surface area contributed by atoms with Gasteiger partial charge in [-0.1, -0.05) is 0 Å². The molecule has 0 spiro atoms. The predicted molar refractivity (Wildman–Crippen MR) is 74.7 cm³/mol. The molecule has 1 aliphatic rings. The standard InChI is InChI=1S/C9H12IN3P.Pb/c1-12-4-2-8(3-5-12)9-6-11-13(7-9)14-10;/h2,6-7,14H,1,3-5H2;. The van der Waals surface area contributed by atoms with Gasteiger partial charge in [0.15, 0.2) is 0 Å². The van der Waals surface area contributed by atoms with Crippen molar-refractivity contribution in [1.82, 2.24) is 14.5 Å². The summed E-state index contributed by atoms with van der Waals surface area (Å²) in [5.41, 5.74) is 2.79. The number of hydrogen-bond donors (Lipinski definition) is 0. The fraction of sp³-hybridized carbons (Fsp3) is 0.444. The van der Waals surface area contributed by atoms with Crippen LogP contribution in [0.3, 0.4) is 0 Å². The van der Waals surface area contributed by atoms with E-state index in [0.717, 1.165) is 6.54 Å². The van der Waals surface area contributed by atoms with Crippen LogP contribution in [0.2, 0.25) is 0 Å². The molecule has 1 aliphatic heterocycles. The van der Waals surface area contributed by atoms with E-state index >= 15 is 0 Å². The summed E-state index contributed by atoms with van der Waals surface area (Å²) in [5.74, 6) is 0. The van der Waals surface area contributed by atoms with E-state index in [9.17, 15) is 0 Å². The number of hydrogen-bond acceptors (Lipinski definition) is 2. The minimum atomic E-state index is 0.704. The van der Waals surface area contributed by atoms with Gasteiger partial charge in [-0.15, -0.1) is 0 Å². The van der Waals surface area contributed by atoms with Gasteiger partial charge in [0.05, 0.1) is 0 Å². The fourth-order valence-corrected chi connectivity index (χ4v) is 3.85. The van der Waals surface area contributed by atoms with Crippen LogP contribution in [0.15, 0.2) is 18.5 Å². The topological polar surface area (TPSA) is 21.1 Å². The van der Waals surface area contributed by atoms with Gasteiger partial charge < -0.3 is 0 Å². The van der Waals surface area contributed by atoms with Crippen LogP contribution in [0.4, 0.5) is 0 Å². The Morgan fingerprint density at radius 1 is 1.60 bits per heavy atom. The van der Waals surface area contributed by atoms with Gasteiger partial charge in [-0.3, -0.25) is 0 Å². The molecule has 0 N–H and O–H groups in total. The van der Waals surface area contributed by atoms with Gasteiger partial charge in [0.2, 0.25) is 0 Å². The van der Waals surface area contributed by atoms with Crippen LogP contribution >= 0.6 is 28.4 Å². The normalized spacial score (nSPS) is 18.7. The van der Waals surface area contributed by atoms with Crippen LogP contribution in [-0.4, -0.2) is 57.4 Å². The zero-order chi connectivity index (χ0) is 10.7. The van der Waals surface area contributed by atoms with Crippen molar-refractivity contribution in [2.24, 2.45) is 0 Å². The summed E-state index contributed by atoms with van der Waals surface area (Å²) in [6.45, 7) is 2.34. The fourth-order valence-electron chi connectivity index (χ4n) is 1.65. The van der Waals surface area contributed by atoms with E-state index in [4.69, 9.17) is 0 Å². The third kappa shape index (κ3) is 3.23. The molecule has 79 valence electrons. The molecule has 6 heteroatoms. The Morgan fingerprint density at radius 3 is 3.00 bits per heavy atom. The van der Waals surface area contributed by atoms with Crippen LogP contribution in [0.5, 0.6) is 0 Å². The van der Waals surface area contributed by atoms with Crippen molar-refractivity contribution in [3.63, 3.8) is 0 Å². The van der Waals surface area contributed by atoms with E-state index < -0.39 is 0 Å². The van der Waals surface area contributed by atoms with Crippen LogP contribution in [0.1, 0.15) is 12.0 Å². The molecule has 0 aliphatic carbocycles. The second-order valence-corrected chi connectivity index (χ2v) is 6.78. The van der Waals surface area contributed by atoms with Crippen molar-refractivity contribution in [3.05, 3.63) is 24.0 Å². The first-order chi connectivity index (χ1) is 7.33. The van der Waals surface area contributed by atoms with Crippen molar-refractivity contribution in [2.45, 2.75) is 6.42 Å². The molecule has 1 unspecified atom stereocenters. The zero-order valence-electron chi connectivity index (χ0n) is 8.28. The van der Waals surface area contributed by atoms with Crippen molar-refractivity contribution in [1.29, 1.82) is 0 Å². The Morgan fingerprint density at radius 2 is 2.47 bits per heavy atom. The van der Waals surface area contributed by atoms with Gasteiger partial charge in [0.25, 0.3) is 0 Å². The third-order valence-electron chi connectivity index (χ3n) is 2.56. The molecule has 1 aromatic rings. The molecule has 0 fully saturated rings. The Bertz CT molecular complexity index is 366. The van der Waals surface area contributed by atoms with Crippen LogP contribution in [0.25, 0.3) is 5.57 Å². The molecule has 2 heterocycles. The van der Waals surface area contributed by atoms with Crippen LogP contribution in [0, 0.1) is 0 Å². The summed E-state index contributed by atoms with van der Waals surface area (Å²) in [6, 6.07) is 0. The van der Waals surface area contributed by atoms with E-state index in [0.29, 0.717) is 6.37 Å². The quantitative estimate of drug-likeness (QED) is 0.341. The van der Waals surface area contributed by atoms with Crippen molar-refractivity contribution in [2.75, 3.05) is 17.2 Å². The second-order valence-electron chi connectivity index (χ2n) is 3.47. The predicted octanol–water partition coefficient (Wildman–Crippen LogP) is 1.89. The number of rotatable bonds is 3. The Balaban J connectivity index is 2.08. The molecule has 0 amide bonds. The first-order valence-electron chi connectivity index (χ1n) is 4.81. The molecular weight excluding hydrogens is 515 g/mol. The van der Waals surface area contributed by atoms with Gasteiger partial charge in [0.1, 0.15) is 0 Å². The second kappa shape index (κ2) is 6.07. The first-order valence-corrected chi connectivity index (χ1v) is 11.6. The van der Waals surface area contributed by atoms with Gasteiger partial charge in [-0.25, -0.2) is 0 Å². The summed E-state index contributed by atoms with van der Waals surface area (Å²) in [4.78, 5) is 2.51. The summed E-state index contributed by atoms with van der Waals surface area (Å²) < 4.78 is 3.30.